The first kappa shape index (κ1) is 13.8. The van der Waals surface area contributed by atoms with E-state index >= 15 is 0 Å². The molecule has 0 fully saturated rings. The molecule has 0 radical (unpaired) electrons. The standard InChI is InChI=1S/C15H15ClFNO/c1-18-15(10-3-6-12(19-2)7-4-10)11-5-8-14(17)13(16)9-11/h3-9,15,18H,1-2H3. The van der Waals surface area contributed by atoms with Gasteiger partial charge < -0.3 is 10.1 Å². The maximum atomic E-state index is 13.2. The van der Waals surface area contributed by atoms with E-state index in [0.717, 1.165) is 16.9 Å². The zero-order valence-corrected chi connectivity index (χ0v) is 11.5. The Hall–Kier alpha value is -1.58. The van der Waals surface area contributed by atoms with Gasteiger partial charge in [-0.25, -0.2) is 4.39 Å². The van der Waals surface area contributed by atoms with Gasteiger partial charge in [0.25, 0.3) is 0 Å². The molecular formula is C15H15ClFNO. The molecule has 1 unspecified atom stereocenters. The Bertz CT molecular complexity index is 557. The van der Waals surface area contributed by atoms with Gasteiger partial charge in [0.2, 0.25) is 0 Å². The van der Waals surface area contributed by atoms with E-state index in [4.69, 9.17) is 16.3 Å². The van der Waals surface area contributed by atoms with Crippen molar-refractivity contribution in [2.24, 2.45) is 0 Å². The maximum absolute atomic E-state index is 13.2. The summed E-state index contributed by atoms with van der Waals surface area (Å²) >= 11 is 5.83. The molecule has 0 aliphatic carbocycles. The molecule has 1 N–H and O–H groups in total. The normalized spacial score (nSPS) is 12.2. The van der Waals surface area contributed by atoms with Crippen LogP contribution in [0.15, 0.2) is 42.5 Å². The van der Waals surface area contributed by atoms with Gasteiger partial charge in [-0.2, -0.15) is 0 Å². The highest BCUT2D eigenvalue weighted by Gasteiger charge is 2.13. The average molecular weight is 280 g/mol. The lowest BCUT2D eigenvalue weighted by Crippen LogP contribution is -2.17. The van der Waals surface area contributed by atoms with Crippen molar-refractivity contribution in [2.75, 3.05) is 14.2 Å². The molecule has 2 aromatic carbocycles. The van der Waals surface area contributed by atoms with Gasteiger partial charge in [-0.1, -0.05) is 29.8 Å². The molecule has 2 aromatic rings. The van der Waals surface area contributed by atoms with Crippen LogP contribution in [0.1, 0.15) is 17.2 Å². The van der Waals surface area contributed by atoms with Crippen LogP contribution >= 0.6 is 11.6 Å². The fraction of sp³-hybridized carbons (Fsp3) is 0.200. The zero-order chi connectivity index (χ0) is 13.8. The van der Waals surface area contributed by atoms with Crippen LogP contribution in [0.3, 0.4) is 0 Å². The smallest absolute Gasteiger partial charge is 0.141 e. The van der Waals surface area contributed by atoms with Crippen LogP contribution < -0.4 is 10.1 Å². The fourth-order valence-electron chi connectivity index (χ4n) is 2.01. The van der Waals surface area contributed by atoms with Gasteiger partial charge in [0.15, 0.2) is 0 Å². The second kappa shape index (κ2) is 6.04. The SMILES string of the molecule is CNC(c1ccc(OC)cc1)c1ccc(F)c(Cl)c1. The first-order chi connectivity index (χ1) is 9.15. The van der Waals surface area contributed by atoms with E-state index in [0.29, 0.717) is 0 Å². The predicted octanol–water partition coefficient (Wildman–Crippen LogP) is 3.80. The Kier molecular flexibility index (Phi) is 4.40. The van der Waals surface area contributed by atoms with Crippen molar-refractivity contribution in [3.63, 3.8) is 0 Å². The molecule has 0 amide bonds. The van der Waals surface area contributed by atoms with E-state index < -0.39 is 5.82 Å². The summed E-state index contributed by atoms with van der Waals surface area (Å²) in [4.78, 5) is 0. The molecule has 0 aromatic heterocycles. The molecule has 0 spiro atoms. The minimum Gasteiger partial charge on any atom is -0.497 e. The fourth-order valence-corrected chi connectivity index (χ4v) is 2.20. The monoisotopic (exact) mass is 279 g/mol. The van der Waals surface area contributed by atoms with E-state index in [1.165, 1.54) is 6.07 Å². The molecule has 0 aliphatic rings. The third-order valence-electron chi connectivity index (χ3n) is 3.01. The summed E-state index contributed by atoms with van der Waals surface area (Å²) in [7, 11) is 3.48. The van der Waals surface area contributed by atoms with Gasteiger partial charge in [0.05, 0.1) is 18.2 Å². The molecule has 2 rings (SSSR count). The Balaban J connectivity index is 2.34. The Morgan fingerprint density at radius 1 is 1.11 bits per heavy atom. The van der Waals surface area contributed by atoms with Gasteiger partial charge in [-0.3, -0.25) is 0 Å². The van der Waals surface area contributed by atoms with Crippen molar-refractivity contribution in [3.05, 3.63) is 64.4 Å². The van der Waals surface area contributed by atoms with Crippen molar-refractivity contribution >= 4 is 11.6 Å². The first-order valence-electron chi connectivity index (χ1n) is 5.92. The third-order valence-corrected chi connectivity index (χ3v) is 3.30. The van der Waals surface area contributed by atoms with Crippen molar-refractivity contribution in [3.8, 4) is 5.75 Å². The van der Waals surface area contributed by atoms with Crippen LogP contribution in [0.2, 0.25) is 5.02 Å². The summed E-state index contributed by atoms with van der Waals surface area (Å²) in [5.74, 6) is 0.394. The highest BCUT2D eigenvalue weighted by Crippen LogP contribution is 2.26. The summed E-state index contributed by atoms with van der Waals surface area (Å²) in [6.07, 6.45) is 0. The number of hydrogen-bond donors (Lipinski definition) is 1. The molecule has 100 valence electrons. The zero-order valence-electron chi connectivity index (χ0n) is 10.8. The Morgan fingerprint density at radius 3 is 2.26 bits per heavy atom. The molecule has 0 saturated carbocycles. The van der Waals surface area contributed by atoms with Gasteiger partial charge >= 0.3 is 0 Å². The van der Waals surface area contributed by atoms with Crippen LogP contribution in [-0.4, -0.2) is 14.2 Å². The molecule has 19 heavy (non-hydrogen) atoms. The van der Waals surface area contributed by atoms with Gasteiger partial charge in [-0.05, 0) is 42.4 Å². The van der Waals surface area contributed by atoms with Crippen LogP contribution in [0.4, 0.5) is 4.39 Å². The Labute approximate surface area is 117 Å². The summed E-state index contributed by atoms with van der Waals surface area (Å²) in [5, 5.41) is 3.33. The van der Waals surface area contributed by atoms with Crippen molar-refractivity contribution in [2.45, 2.75) is 6.04 Å². The van der Waals surface area contributed by atoms with Crippen molar-refractivity contribution in [1.82, 2.24) is 5.32 Å². The lowest BCUT2D eigenvalue weighted by atomic mass is 9.99. The molecule has 2 nitrogen and oxygen atoms in total. The minimum atomic E-state index is -0.407. The van der Waals surface area contributed by atoms with Crippen LogP contribution in [0.25, 0.3) is 0 Å². The van der Waals surface area contributed by atoms with E-state index in [2.05, 4.69) is 5.32 Å². The molecule has 0 heterocycles. The predicted molar refractivity (Wildman–Crippen MR) is 75.3 cm³/mol. The molecule has 0 aliphatic heterocycles. The number of methoxy groups -OCH3 is 1. The van der Waals surface area contributed by atoms with E-state index in [-0.39, 0.29) is 11.1 Å². The largest absolute Gasteiger partial charge is 0.497 e. The van der Waals surface area contributed by atoms with Crippen LogP contribution in [0.5, 0.6) is 5.75 Å². The minimum absolute atomic E-state index is 0.0380. The molecule has 4 heteroatoms. The summed E-state index contributed by atoms with van der Waals surface area (Å²) in [6, 6.07) is 12.4. The number of nitrogens with one attached hydrogen (secondary N) is 1. The van der Waals surface area contributed by atoms with Crippen molar-refractivity contribution < 1.29 is 9.13 Å². The molecule has 0 bridgehead atoms. The van der Waals surface area contributed by atoms with E-state index in [9.17, 15) is 4.39 Å². The lowest BCUT2D eigenvalue weighted by molar-refractivity contribution is 0.414. The highest BCUT2D eigenvalue weighted by atomic mass is 35.5. The van der Waals surface area contributed by atoms with E-state index in [1.807, 2.05) is 31.3 Å². The maximum Gasteiger partial charge on any atom is 0.141 e. The van der Waals surface area contributed by atoms with Crippen molar-refractivity contribution in [1.29, 1.82) is 0 Å². The summed E-state index contributed by atoms with van der Waals surface area (Å²) < 4.78 is 18.3. The number of ether oxygens (including phenoxy) is 1. The van der Waals surface area contributed by atoms with Crippen LogP contribution in [-0.2, 0) is 0 Å². The topological polar surface area (TPSA) is 21.3 Å². The number of benzene rings is 2. The number of hydrogen-bond acceptors (Lipinski definition) is 2. The Morgan fingerprint density at radius 2 is 1.74 bits per heavy atom. The molecule has 0 saturated heterocycles. The second-order valence-corrected chi connectivity index (χ2v) is 4.58. The summed E-state index contributed by atoms with van der Waals surface area (Å²) in [6.45, 7) is 0. The molecular weight excluding hydrogens is 265 g/mol. The third kappa shape index (κ3) is 3.06. The average Bonchev–Trinajstić information content (AvgIpc) is 2.44. The first-order valence-corrected chi connectivity index (χ1v) is 6.29. The van der Waals surface area contributed by atoms with Crippen LogP contribution in [0, 0.1) is 5.82 Å². The highest BCUT2D eigenvalue weighted by molar-refractivity contribution is 6.30. The van der Waals surface area contributed by atoms with E-state index in [1.54, 1.807) is 19.2 Å². The second-order valence-electron chi connectivity index (χ2n) is 4.17. The van der Waals surface area contributed by atoms with Gasteiger partial charge in [0, 0.05) is 0 Å². The quantitative estimate of drug-likeness (QED) is 0.919. The van der Waals surface area contributed by atoms with Gasteiger partial charge in [0.1, 0.15) is 11.6 Å². The summed E-state index contributed by atoms with van der Waals surface area (Å²) in [5.41, 5.74) is 1.98. The number of rotatable bonds is 4. The van der Waals surface area contributed by atoms with Gasteiger partial charge in [-0.15, -0.1) is 0 Å². The number of halogens is 2. The molecule has 1 atom stereocenters. The lowest BCUT2D eigenvalue weighted by Gasteiger charge is -2.18.